The molecule has 94 valence electrons. The molecule has 1 rings (SSSR count). The third-order valence-electron chi connectivity index (χ3n) is 2.53. The molecule has 0 aliphatic carbocycles. The van der Waals surface area contributed by atoms with Crippen LogP contribution in [0.15, 0.2) is 12.1 Å². The van der Waals surface area contributed by atoms with Crippen molar-refractivity contribution in [1.29, 1.82) is 0 Å². The maximum atomic E-state index is 5.79. The highest BCUT2D eigenvalue weighted by Gasteiger charge is 2.07. The van der Waals surface area contributed by atoms with E-state index in [4.69, 9.17) is 22.7 Å². The molecule has 3 nitrogen and oxygen atoms in total. The van der Waals surface area contributed by atoms with E-state index in [0.29, 0.717) is 11.6 Å². The van der Waals surface area contributed by atoms with Gasteiger partial charge in [-0.25, -0.2) is 0 Å². The lowest BCUT2D eigenvalue weighted by Gasteiger charge is -2.15. The smallest absolute Gasteiger partial charge is 0.125 e. The average molecular weight is 252 g/mol. The average Bonchev–Trinajstić information content (AvgIpc) is 2.21. The quantitative estimate of drug-likeness (QED) is 0.812. The molecule has 2 N–H and O–H groups in total. The van der Waals surface area contributed by atoms with Gasteiger partial charge in [0.1, 0.15) is 17.3 Å². The summed E-state index contributed by atoms with van der Waals surface area (Å²) >= 11 is 4.98. The molecule has 0 fully saturated rings. The molecule has 0 aliphatic rings. The largest absolute Gasteiger partial charge is 0.492 e. The van der Waals surface area contributed by atoms with Crippen LogP contribution in [0.2, 0.25) is 0 Å². The Bertz CT molecular complexity index is 393. The molecule has 0 spiro atoms. The fourth-order valence-electron chi connectivity index (χ4n) is 1.65. The summed E-state index contributed by atoms with van der Waals surface area (Å²) in [6.07, 6.45) is 0. The second-order valence-corrected chi connectivity index (χ2v) is 4.89. The van der Waals surface area contributed by atoms with Crippen molar-refractivity contribution in [2.45, 2.75) is 13.8 Å². The summed E-state index contributed by atoms with van der Waals surface area (Å²) in [5.74, 6) is 0.937. The van der Waals surface area contributed by atoms with Crippen molar-refractivity contribution in [2.24, 2.45) is 5.73 Å². The zero-order valence-corrected chi connectivity index (χ0v) is 11.7. The lowest BCUT2D eigenvalue weighted by atomic mass is 10.1. The fraction of sp³-hybridized carbons (Fsp3) is 0.462. The summed E-state index contributed by atoms with van der Waals surface area (Å²) in [5, 5.41) is 0. The lowest BCUT2D eigenvalue weighted by Crippen LogP contribution is -2.20. The number of nitrogens with zero attached hydrogens (tertiary/aromatic N) is 1. The first kappa shape index (κ1) is 13.9. The van der Waals surface area contributed by atoms with E-state index in [1.807, 2.05) is 40.1 Å². The summed E-state index contributed by atoms with van der Waals surface area (Å²) in [6, 6.07) is 3.95. The highest BCUT2D eigenvalue weighted by Crippen LogP contribution is 2.24. The Morgan fingerprint density at radius 3 is 2.24 bits per heavy atom. The summed E-state index contributed by atoms with van der Waals surface area (Å²) in [5.41, 5.74) is 8.67. The van der Waals surface area contributed by atoms with Crippen LogP contribution < -0.4 is 10.5 Å². The normalized spacial score (nSPS) is 10.6. The monoisotopic (exact) mass is 252 g/mol. The zero-order chi connectivity index (χ0) is 13.0. The topological polar surface area (TPSA) is 38.5 Å². The lowest BCUT2D eigenvalue weighted by molar-refractivity contribution is 0.259. The van der Waals surface area contributed by atoms with Crippen molar-refractivity contribution in [3.63, 3.8) is 0 Å². The minimum atomic E-state index is 0.427. The molecule has 0 bridgehead atoms. The number of ether oxygens (including phenoxy) is 1. The van der Waals surface area contributed by atoms with Crippen molar-refractivity contribution in [2.75, 3.05) is 27.2 Å². The third-order valence-corrected chi connectivity index (χ3v) is 2.77. The van der Waals surface area contributed by atoms with Crippen molar-refractivity contribution in [3.8, 4) is 5.75 Å². The number of nitrogens with two attached hydrogens (primary N) is 1. The van der Waals surface area contributed by atoms with Crippen molar-refractivity contribution >= 4 is 17.2 Å². The Labute approximate surface area is 109 Å². The maximum absolute atomic E-state index is 5.79. The molecule has 0 atom stereocenters. The highest BCUT2D eigenvalue weighted by atomic mass is 32.1. The fourth-order valence-corrected chi connectivity index (χ4v) is 1.77. The van der Waals surface area contributed by atoms with Gasteiger partial charge in [-0.05, 0) is 51.2 Å². The van der Waals surface area contributed by atoms with Crippen LogP contribution in [0, 0.1) is 13.8 Å². The molecule has 0 heterocycles. The Balaban J connectivity index is 2.83. The van der Waals surface area contributed by atoms with E-state index in [0.717, 1.165) is 29.0 Å². The number of aryl methyl sites for hydroxylation is 2. The van der Waals surface area contributed by atoms with Crippen molar-refractivity contribution in [3.05, 3.63) is 28.8 Å². The van der Waals surface area contributed by atoms with E-state index in [1.165, 1.54) is 0 Å². The van der Waals surface area contributed by atoms with Gasteiger partial charge in [-0.3, -0.25) is 0 Å². The molecule has 4 heteroatoms. The van der Waals surface area contributed by atoms with Gasteiger partial charge >= 0.3 is 0 Å². The maximum Gasteiger partial charge on any atom is 0.125 e. The molecule has 0 aromatic heterocycles. The number of rotatable bonds is 5. The first-order valence-electron chi connectivity index (χ1n) is 5.60. The predicted molar refractivity (Wildman–Crippen MR) is 75.9 cm³/mol. The molecule has 1 aromatic carbocycles. The van der Waals surface area contributed by atoms with Gasteiger partial charge in [0.2, 0.25) is 0 Å². The molecule has 1 aromatic rings. The van der Waals surface area contributed by atoms with Gasteiger partial charge in [-0.1, -0.05) is 12.2 Å². The molecular formula is C13H20N2OS. The molecule has 0 saturated heterocycles. The molecule has 0 radical (unpaired) electrons. The van der Waals surface area contributed by atoms with Crippen LogP contribution in [0.3, 0.4) is 0 Å². The number of hydrogen-bond acceptors (Lipinski definition) is 3. The number of hydrogen-bond donors (Lipinski definition) is 1. The standard InChI is InChI=1S/C13H20N2OS/c1-9-7-11(13(14)17)8-10(2)12(9)16-6-5-15(3)4/h7-8H,5-6H2,1-4H3,(H2,14,17). The Hall–Kier alpha value is -1.13. The minimum Gasteiger partial charge on any atom is -0.492 e. The summed E-state index contributed by atoms with van der Waals surface area (Å²) in [7, 11) is 4.05. The minimum absolute atomic E-state index is 0.427. The zero-order valence-electron chi connectivity index (χ0n) is 10.9. The highest BCUT2D eigenvalue weighted by molar-refractivity contribution is 7.80. The number of thiocarbonyl (C=S) groups is 1. The van der Waals surface area contributed by atoms with Crippen molar-refractivity contribution in [1.82, 2.24) is 4.90 Å². The summed E-state index contributed by atoms with van der Waals surface area (Å²) < 4.78 is 5.79. The van der Waals surface area contributed by atoms with Crippen LogP contribution in [0.1, 0.15) is 16.7 Å². The molecule has 17 heavy (non-hydrogen) atoms. The van der Waals surface area contributed by atoms with Crippen LogP contribution in [0.25, 0.3) is 0 Å². The molecule has 0 amide bonds. The Morgan fingerprint density at radius 1 is 1.29 bits per heavy atom. The van der Waals surface area contributed by atoms with E-state index < -0.39 is 0 Å². The van der Waals surface area contributed by atoms with Crippen LogP contribution in [0.5, 0.6) is 5.75 Å². The molecule has 0 saturated carbocycles. The van der Waals surface area contributed by atoms with Gasteiger partial charge in [0, 0.05) is 12.1 Å². The van der Waals surface area contributed by atoms with Gasteiger partial charge in [-0.2, -0.15) is 0 Å². The predicted octanol–water partition coefficient (Wildman–Crippen LogP) is 1.88. The van der Waals surface area contributed by atoms with E-state index in [1.54, 1.807) is 0 Å². The van der Waals surface area contributed by atoms with Gasteiger partial charge in [0.05, 0.1) is 0 Å². The van der Waals surface area contributed by atoms with E-state index in [9.17, 15) is 0 Å². The second-order valence-electron chi connectivity index (χ2n) is 4.46. The van der Waals surface area contributed by atoms with Crippen LogP contribution in [0.4, 0.5) is 0 Å². The Morgan fingerprint density at radius 2 is 1.82 bits per heavy atom. The summed E-state index contributed by atoms with van der Waals surface area (Å²) in [4.78, 5) is 2.52. The van der Waals surface area contributed by atoms with Gasteiger partial charge in [-0.15, -0.1) is 0 Å². The van der Waals surface area contributed by atoms with Crippen LogP contribution in [-0.4, -0.2) is 37.1 Å². The van der Waals surface area contributed by atoms with Gasteiger partial charge in [0.25, 0.3) is 0 Å². The number of likely N-dealkylation sites (N-methyl/N-ethyl adjacent to an activating group) is 1. The molecule has 0 aliphatic heterocycles. The van der Waals surface area contributed by atoms with Gasteiger partial charge in [0.15, 0.2) is 0 Å². The van der Waals surface area contributed by atoms with Crippen LogP contribution >= 0.6 is 12.2 Å². The van der Waals surface area contributed by atoms with E-state index >= 15 is 0 Å². The van der Waals surface area contributed by atoms with Crippen molar-refractivity contribution < 1.29 is 4.74 Å². The summed E-state index contributed by atoms with van der Waals surface area (Å²) in [6.45, 7) is 5.61. The third kappa shape index (κ3) is 3.98. The first-order chi connectivity index (χ1) is 7.91. The number of benzene rings is 1. The Kier molecular flexibility index (Phi) is 4.90. The van der Waals surface area contributed by atoms with E-state index in [2.05, 4.69) is 4.90 Å². The second kappa shape index (κ2) is 5.98. The van der Waals surface area contributed by atoms with E-state index in [-0.39, 0.29) is 0 Å². The first-order valence-corrected chi connectivity index (χ1v) is 6.01. The SMILES string of the molecule is Cc1cc(C(N)=S)cc(C)c1OCCN(C)C. The van der Waals surface area contributed by atoms with Crippen LogP contribution in [-0.2, 0) is 0 Å². The molecule has 0 unspecified atom stereocenters. The van der Waals surface area contributed by atoms with Gasteiger partial charge < -0.3 is 15.4 Å². The molecular weight excluding hydrogens is 232 g/mol.